The van der Waals surface area contributed by atoms with Gasteiger partial charge in [-0.1, -0.05) is 12.1 Å². The van der Waals surface area contributed by atoms with Gasteiger partial charge in [-0.25, -0.2) is 4.39 Å². The molecule has 1 heterocycles. The van der Waals surface area contributed by atoms with Crippen molar-refractivity contribution in [2.45, 2.75) is 25.3 Å². The van der Waals surface area contributed by atoms with Gasteiger partial charge in [-0.15, -0.1) is 11.3 Å². The highest BCUT2D eigenvalue weighted by atomic mass is 32.1. The van der Waals surface area contributed by atoms with Gasteiger partial charge in [0.15, 0.2) is 0 Å². The first-order valence-corrected chi connectivity index (χ1v) is 8.24. The molecular weight excluding hydrogens is 317 g/mol. The number of carbonyl (C=O) groups excluding carboxylic acids is 1. The molecule has 0 spiro atoms. The first-order chi connectivity index (χ1) is 11.0. The number of amides is 1. The molecule has 23 heavy (non-hydrogen) atoms. The second-order valence-electron chi connectivity index (χ2n) is 5.69. The molecule has 1 amide bonds. The highest BCUT2D eigenvalue weighted by Gasteiger charge is 2.30. The van der Waals surface area contributed by atoms with E-state index in [0.717, 1.165) is 10.4 Å². The molecule has 0 saturated heterocycles. The summed E-state index contributed by atoms with van der Waals surface area (Å²) in [7, 11) is 0. The van der Waals surface area contributed by atoms with E-state index in [1.54, 1.807) is 18.2 Å². The summed E-state index contributed by atoms with van der Waals surface area (Å²) in [6, 6.07) is 9.62. The third kappa shape index (κ3) is 3.59. The van der Waals surface area contributed by atoms with Crippen LogP contribution in [0.5, 0.6) is 0 Å². The van der Waals surface area contributed by atoms with Crippen molar-refractivity contribution in [3.8, 4) is 10.4 Å². The summed E-state index contributed by atoms with van der Waals surface area (Å²) in [6.07, 6.45) is 1.78. The van der Waals surface area contributed by atoms with Gasteiger partial charge >= 0.3 is 5.97 Å². The van der Waals surface area contributed by atoms with Gasteiger partial charge in [0.1, 0.15) is 5.82 Å². The Bertz CT molecular complexity index is 726. The van der Waals surface area contributed by atoms with E-state index in [4.69, 9.17) is 5.11 Å². The lowest BCUT2D eigenvalue weighted by Gasteiger charge is -2.11. The zero-order chi connectivity index (χ0) is 16.4. The van der Waals surface area contributed by atoms with Gasteiger partial charge in [-0.3, -0.25) is 9.59 Å². The summed E-state index contributed by atoms with van der Waals surface area (Å²) < 4.78 is 12.9. The van der Waals surface area contributed by atoms with Gasteiger partial charge in [-0.2, -0.15) is 0 Å². The van der Waals surface area contributed by atoms with Crippen LogP contribution in [0.1, 0.15) is 28.9 Å². The maximum atomic E-state index is 12.9. The van der Waals surface area contributed by atoms with Gasteiger partial charge < -0.3 is 10.4 Å². The molecule has 1 fully saturated rings. The van der Waals surface area contributed by atoms with Crippen LogP contribution in [0.25, 0.3) is 10.4 Å². The number of halogens is 1. The molecule has 1 aromatic carbocycles. The fourth-order valence-electron chi connectivity index (χ4n) is 2.82. The van der Waals surface area contributed by atoms with Crippen LogP contribution in [0, 0.1) is 11.7 Å². The fourth-order valence-corrected chi connectivity index (χ4v) is 3.74. The average Bonchev–Trinajstić information content (AvgIpc) is 3.17. The van der Waals surface area contributed by atoms with Gasteiger partial charge in [-0.05, 0) is 49.1 Å². The molecule has 2 atom stereocenters. The Morgan fingerprint density at radius 1 is 1.13 bits per heavy atom. The zero-order valence-corrected chi connectivity index (χ0v) is 13.1. The van der Waals surface area contributed by atoms with Crippen LogP contribution in [0.2, 0.25) is 0 Å². The van der Waals surface area contributed by atoms with E-state index in [1.165, 1.54) is 23.5 Å². The first-order valence-electron chi connectivity index (χ1n) is 7.42. The maximum Gasteiger partial charge on any atom is 0.306 e. The Balaban J connectivity index is 1.65. The van der Waals surface area contributed by atoms with Crippen molar-refractivity contribution in [2.24, 2.45) is 5.92 Å². The molecule has 4 nitrogen and oxygen atoms in total. The molecule has 6 heteroatoms. The molecule has 2 N–H and O–H groups in total. The summed E-state index contributed by atoms with van der Waals surface area (Å²) in [6.45, 7) is 0. The Labute approximate surface area is 137 Å². The molecule has 0 radical (unpaired) electrons. The average molecular weight is 333 g/mol. The molecule has 1 aliphatic rings. The second-order valence-corrected chi connectivity index (χ2v) is 6.77. The minimum Gasteiger partial charge on any atom is -0.481 e. The smallest absolute Gasteiger partial charge is 0.306 e. The van der Waals surface area contributed by atoms with Crippen LogP contribution in [-0.2, 0) is 4.79 Å². The second kappa shape index (κ2) is 6.50. The minimum absolute atomic E-state index is 0.0834. The predicted octanol–water partition coefficient (Wildman–Crippen LogP) is 3.54. The summed E-state index contributed by atoms with van der Waals surface area (Å²) in [5.41, 5.74) is 0.863. The van der Waals surface area contributed by atoms with Gasteiger partial charge in [0.2, 0.25) is 0 Å². The van der Waals surface area contributed by atoms with Crippen molar-refractivity contribution < 1.29 is 19.1 Å². The summed E-state index contributed by atoms with van der Waals surface area (Å²) in [4.78, 5) is 24.7. The number of carboxylic acids is 1. The van der Waals surface area contributed by atoms with Crippen molar-refractivity contribution in [1.29, 1.82) is 0 Å². The lowest BCUT2D eigenvalue weighted by atomic mass is 10.1. The highest BCUT2D eigenvalue weighted by Crippen LogP contribution is 2.29. The topological polar surface area (TPSA) is 66.4 Å². The quantitative estimate of drug-likeness (QED) is 0.899. The summed E-state index contributed by atoms with van der Waals surface area (Å²) >= 11 is 1.34. The van der Waals surface area contributed by atoms with Gasteiger partial charge in [0.05, 0.1) is 10.8 Å². The van der Waals surface area contributed by atoms with Crippen LogP contribution < -0.4 is 5.32 Å². The number of aliphatic carboxylic acids is 1. The van der Waals surface area contributed by atoms with E-state index in [1.807, 2.05) is 6.07 Å². The SMILES string of the molecule is O=C(N[C@H]1CC[C@@H](C(=O)O)C1)c1ccc(-c2ccc(F)cc2)s1. The molecular formula is C17H16FNO3S. The zero-order valence-electron chi connectivity index (χ0n) is 12.3. The molecule has 1 aromatic heterocycles. The Morgan fingerprint density at radius 3 is 2.52 bits per heavy atom. The summed E-state index contributed by atoms with van der Waals surface area (Å²) in [5.74, 6) is -1.63. The van der Waals surface area contributed by atoms with E-state index >= 15 is 0 Å². The van der Waals surface area contributed by atoms with Gasteiger partial charge in [0.25, 0.3) is 5.91 Å². The normalized spacial score (nSPS) is 20.4. The van der Waals surface area contributed by atoms with E-state index in [9.17, 15) is 14.0 Å². The Morgan fingerprint density at radius 2 is 1.87 bits per heavy atom. The molecule has 0 bridgehead atoms. The van der Waals surface area contributed by atoms with Crippen molar-refractivity contribution in [3.05, 3.63) is 47.1 Å². The number of nitrogens with one attached hydrogen (secondary N) is 1. The molecule has 0 unspecified atom stereocenters. The molecule has 1 aliphatic carbocycles. The predicted molar refractivity (Wildman–Crippen MR) is 85.9 cm³/mol. The third-order valence-electron chi connectivity index (χ3n) is 4.08. The minimum atomic E-state index is -0.795. The van der Waals surface area contributed by atoms with Crippen LogP contribution >= 0.6 is 11.3 Å². The highest BCUT2D eigenvalue weighted by molar-refractivity contribution is 7.17. The molecule has 3 rings (SSSR count). The fraction of sp³-hybridized carbons (Fsp3) is 0.294. The largest absolute Gasteiger partial charge is 0.481 e. The van der Waals surface area contributed by atoms with E-state index < -0.39 is 5.97 Å². The van der Waals surface area contributed by atoms with E-state index in [-0.39, 0.29) is 23.7 Å². The first kappa shape index (κ1) is 15.7. The molecule has 120 valence electrons. The number of carbonyl (C=O) groups is 2. The number of benzene rings is 1. The number of hydrogen-bond donors (Lipinski definition) is 2. The van der Waals surface area contributed by atoms with Crippen LogP contribution in [0.3, 0.4) is 0 Å². The number of hydrogen-bond acceptors (Lipinski definition) is 3. The lowest BCUT2D eigenvalue weighted by molar-refractivity contribution is -0.141. The Hall–Kier alpha value is -2.21. The van der Waals surface area contributed by atoms with Crippen molar-refractivity contribution in [1.82, 2.24) is 5.32 Å². The summed E-state index contributed by atoms with van der Waals surface area (Å²) in [5, 5.41) is 11.9. The van der Waals surface area contributed by atoms with Crippen molar-refractivity contribution in [3.63, 3.8) is 0 Å². The van der Waals surface area contributed by atoms with Crippen LogP contribution in [0.15, 0.2) is 36.4 Å². The van der Waals surface area contributed by atoms with Crippen molar-refractivity contribution in [2.75, 3.05) is 0 Å². The van der Waals surface area contributed by atoms with Gasteiger partial charge in [0, 0.05) is 10.9 Å². The molecule has 0 aliphatic heterocycles. The van der Waals surface area contributed by atoms with Crippen LogP contribution in [0.4, 0.5) is 4.39 Å². The molecule has 1 saturated carbocycles. The third-order valence-corrected chi connectivity index (χ3v) is 5.21. The Kier molecular flexibility index (Phi) is 4.43. The van der Waals surface area contributed by atoms with Crippen molar-refractivity contribution >= 4 is 23.2 Å². The number of carboxylic acid groups (broad SMARTS) is 1. The molecule has 2 aromatic rings. The van der Waals surface area contributed by atoms with E-state index in [0.29, 0.717) is 24.1 Å². The van der Waals surface area contributed by atoms with E-state index in [2.05, 4.69) is 5.32 Å². The maximum absolute atomic E-state index is 12.9. The monoisotopic (exact) mass is 333 g/mol. The standard InChI is InChI=1S/C17H16FNO3S/c18-12-4-1-10(2-5-12)14-7-8-15(23-14)16(20)19-13-6-3-11(9-13)17(21)22/h1-2,4-5,7-8,11,13H,3,6,9H2,(H,19,20)(H,21,22)/t11-,13+/m1/s1. The number of thiophene rings is 1. The van der Waals surface area contributed by atoms with Crippen LogP contribution in [-0.4, -0.2) is 23.0 Å². The lowest BCUT2D eigenvalue weighted by Crippen LogP contribution is -2.32. The number of rotatable bonds is 4.